The smallest absolute Gasteiger partial charge is 0.134 e. The lowest BCUT2D eigenvalue weighted by molar-refractivity contribution is 0.189. The van der Waals surface area contributed by atoms with E-state index in [2.05, 4.69) is 16.3 Å². The van der Waals surface area contributed by atoms with Gasteiger partial charge in [0.05, 0.1) is 13.7 Å². The lowest BCUT2D eigenvalue weighted by Gasteiger charge is -2.33. The second-order valence-electron chi connectivity index (χ2n) is 6.83. The normalized spacial score (nSPS) is 21.7. The highest BCUT2D eigenvalue weighted by atomic mass is 16.5. The number of furan rings is 1. The zero-order valence-corrected chi connectivity index (χ0v) is 13.2. The third-order valence-electron chi connectivity index (χ3n) is 5.34. The van der Waals surface area contributed by atoms with Crippen LogP contribution in [0.4, 0.5) is 0 Å². The molecular weight excluding hydrogens is 276 g/mol. The zero-order valence-electron chi connectivity index (χ0n) is 13.2. The van der Waals surface area contributed by atoms with Crippen LogP contribution in [0.1, 0.15) is 25.0 Å². The van der Waals surface area contributed by atoms with E-state index in [0.29, 0.717) is 5.41 Å². The van der Waals surface area contributed by atoms with E-state index in [4.69, 9.17) is 9.15 Å². The van der Waals surface area contributed by atoms with E-state index >= 15 is 0 Å². The number of rotatable bonds is 3. The van der Waals surface area contributed by atoms with Crippen LogP contribution in [0.5, 0.6) is 5.75 Å². The maximum atomic E-state index is 6.00. The van der Waals surface area contributed by atoms with Crippen molar-refractivity contribution in [3.63, 3.8) is 0 Å². The van der Waals surface area contributed by atoms with Gasteiger partial charge in [-0.1, -0.05) is 0 Å². The minimum absolute atomic E-state index is 0.556. The van der Waals surface area contributed by atoms with Crippen molar-refractivity contribution in [2.75, 3.05) is 33.3 Å². The molecule has 4 nitrogen and oxygen atoms in total. The van der Waals surface area contributed by atoms with Crippen molar-refractivity contribution >= 4 is 11.0 Å². The molecule has 2 saturated heterocycles. The summed E-state index contributed by atoms with van der Waals surface area (Å²) in [5.74, 6) is 1.95. The highest BCUT2D eigenvalue weighted by Crippen LogP contribution is 2.39. The van der Waals surface area contributed by atoms with Crippen molar-refractivity contribution in [3.8, 4) is 5.75 Å². The maximum Gasteiger partial charge on any atom is 0.134 e. The molecule has 4 heteroatoms. The van der Waals surface area contributed by atoms with E-state index < -0.39 is 0 Å². The Balaban J connectivity index is 1.47. The van der Waals surface area contributed by atoms with Crippen molar-refractivity contribution in [2.45, 2.75) is 25.8 Å². The van der Waals surface area contributed by atoms with Crippen molar-refractivity contribution in [2.24, 2.45) is 5.41 Å². The maximum absolute atomic E-state index is 6.00. The van der Waals surface area contributed by atoms with E-state index in [9.17, 15) is 0 Å². The molecule has 2 aromatic rings. The number of methoxy groups -OCH3 is 1. The van der Waals surface area contributed by atoms with Crippen LogP contribution in [0, 0.1) is 5.41 Å². The summed E-state index contributed by atoms with van der Waals surface area (Å²) >= 11 is 0. The first-order valence-corrected chi connectivity index (χ1v) is 8.26. The Bertz CT molecular complexity index is 658. The molecule has 2 fully saturated rings. The summed E-state index contributed by atoms with van der Waals surface area (Å²) in [6, 6.07) is 8.15. The molecular formula is C18H24N2O2. The van der Waals surface area contributed by atoms with Crippen LogP contribution >= 0.6 is 0 Å². The first-order valence-electron chi connectivity index (χ1n) is 8.26. The largest absolute Gasteiger partial charge is 0.497 e. The number of likely N-dealkylation sites (tertiary alicyclic amines) is 1. The summed E-state index contributed by atoms with van der Waals surface area (Å²) in [4.78, 5) is 2.56. The number of nitrogens with zero attached hydrogens (tertiary/aromatic N) is 1. The van der Waals surface area contributed by atoms with Crippen molar-refractivity contribution in [3.05, 3.63) is 30.0 Å². The van der Waals surface area contributed by atoms with Gasteiger partial charge in [-0.25, -0.2) is 0 Å². The lowest BCUT2D eigenvalue weighted by Crippen LogP contribution is -2.38. The van der Waals surface area contributed by atoms with E-state index in [1.807, 2.05) is 18.2 Å². The van der Waals surface area contributed by atoms with Crippen molar-refractivity contribution in [1.82, 2.24) is 10.2 Å². The topological polar surface area (TPSA) is 37.6 Å². The van der Waals surface area contributed by atoms with Gasteiger partial charge in [-0.3, -0.25) is 4.90 Å². The number of ether oxygens (including phenoxy) is 1. The molecule has 0 amide bonds. The molecule has 1 aromatic heterocycles. The Morgan fingerprint density at radius 2 is 2.09 bits per heavy atom. The Kier molecular flexibility index (Phi) is 3.59. The molecule has 1 spiro atoms. The number of fused-ring (bicyclic) bond motifs is 1. The molecule has 0 aliphatic carbocycles. The summed E-state index contributed by atoms with van der Waals surface area (Å²) in [5.41, 5.74) is 1.51. The second kappa shape index (κ2) is 5.60. The third kappa shape index (κ3) is 2.61. The van der Waals surface area contributed by atoms with Gasteiger partial charge in [-0.2, -0.15) is 0 Å². The highest BCUT2D eigenvalue weighted by molar-refractivity contribution is 5.79. The van der Waals surface area contributed by atoms with Crippen LogP contribution in [-0.2, 0) is 6.54 Å². The molecule has 118 valence electrons. The summed E-state index contributed by atoms with van der Waals surface area (Å²) in [6.45, 7) is 5.69. The van der Waals surface area contributed by atoms with Crippen molar-refractivity contribution in [1.29, 1.82) is 0 Å². The Morgan fingerprint density at radius 1 is 1.23 bits per heavy atom. The van der Waals surface area contributed by atoms with Gasteiger partial charge < -0.3 is 14.5 Å². The minimum atomic E-state index is 0.556. The Hall–Kier alpha value is -1.52. The van der Waals surface area contributed by atoms with Crippen LogP contribution in [-0.4, -0.2) is 38.2 Å². The lowest BCUT2D eigenvalue weighted by atomic mass is 9.78. The number of benzene rings is 1. The van der Waals surface area contributed by atoms with Gasteiger partial charge >= 0.3 is 0 Å². The molecule has 4 rings (SSSR count). The molecule has 0 radical (unpaired) electrons. The predicted octanol–water partition coefficient (Wildman–Crippen LogP) is 3.02. The Morgan fingerprint density at radius 3 is 2.91 bits per heavy atom. The van der Waals surface area contributed by atoms with Gasteiger partial charge in [0.2, 0.25) is 0 Å². The fourth-order valence-corrected chi connectivity index (χ4v) is 4.03. The summed E-state index contributed by atoms with van der Waals surface area (Å²) < 4.78 is 11.3. The summed E-state index contributed by atoms with van der Waals surface area (Å²) in [7, 11) is 1.70. The van der Waals surface area contributed by atoms with Crippen LogP contribution in [0.25, 0.3) is 11.0 Å². The van der Waals surface area contributed by atoms with Crippen LogP contribution in [0.15, 0.2) is 28.7 Å². The molecule has 0 saturated carbocycles. The fraction of sp³-hybridized carbons (Fsp3) is 0.556. The SMILES string of the molecule is COc1ccc2oc(CN3CCC4(CCNCC4)C3)cc2c1. The quantitative estimate of drug-likeness (QED) is 0.945. The average Bonchev–Trinajstić information content (AvgIpc) is 3.11. The summed E-state index contributed by atoms with van der Waals surface area (Å²) in [6.07, 6.45) is 3.98. The number of piperidine rings is 1. The van der Waals surface area contributed by atoms with E-state index in [0.717, 1.165) is 29.0 Å². The van der Waals surface area contributed by atoms with Crippen molar-refractivity contribution < 1.29 is 9.15 Å². The highest BCUT2D eigenvalue weighted by Gasteiger charge is 2.38. The first kappa shape index (κ1) is 14.1. The standard InChI is InChI=1S/C18H24N2O2/c1-21-15-2-3-17-14(10-15)11-16(22-17)12-20-9-6-18(13-20)4-7-19-8-5-18/h2-3,10-11,19H,4-9,12-13H2,1H3. The molecule has 2 aliphatic heterocycles. The van der Waals surface area contributed by atoms with E-state index in [1.54, 1.807) is 7.11 Å². The molecule has 22 heavy (non-hydrogen) atoms. The zero-order chi connectivity index (χ0) is 15.0. The first-order chi connectivity index (χ1) is 10.8. The number of nitrogens with one attached hydrogen (secondary N) is 1. The van der Waals surface area contributed by atoms with Gasteiger partial charge in [-0.15, -0.1) is 0 Å². The Labute approximate surface area is 131 Å². The van der Waals surface area contributed by atoms with Crippen LogP contribution in [0.2, 0.25) is 0 Å². The van der Waals surface area contributed by atoms with Gasteiger partial charge in [0.1, 0.15) is 17.1 Å². The fourth-order valence-electron chi connectivity index (χ4n) is 4.03. The van der Waals surface area contributed by atoms with Gasteiger partial charge in [0.25, 0.3) is 0 Å². The minimum Gasteiger partial charge on any atom is -0.497 e. The third-order valence-corrected chi connectivity index (χ3v) is 5.34. The molecule has 0 unspecified atom stereocenters. The van der Waals surface area contributed by atoms with Crippen LogP contribution in [0.3, 0.4) is 0 Å². The average molecular weight is 300 g/mol. The molecule has 3 heterocycles. The van der Waals surface area contributed by atoms with Gasteiger partial charge in [0, 0.05) is 11.9 Å². The van der Waals surface area contributed by atoms with E-state index in [-0.39, 0.29) is 0 Å². The van der Waals surface area contributed by atoms with Crippen LogP contribution < -0.4 is 10.1 Å². The van der Waals surface area contributed by atoms with E-state index in [1.165, 1.54) is 45.4 Å². The summed E-state index contributed by atoms with van der Waals surface area (Å²) in [5, 5.41) is 4.61. The molecule has 2 aliphatic rings. The monoisotopic (exact) mass is 300 g/mol. The molecule has 0 bridgehead atoms. The van der Waals surface area contributed by atoms with Gasteiger partial charge in [-0.05, 0) is 68.6 Å². The molecule has 1 N–H and O–H groups in total. The van der Waals surface area contributed by atoms with Gasteiger partial charge in [0.15, 0.2) is 0 Å². The number of hydrogen-bond acceptors (Lipinski definition) is 4. The number of hydrogen-bond donors (Lipinski definition) is 1. The predicted molar refractivity (Wildman–Crippen MR) is 87.2 cm³/mol. The molecule has 1 aromatic carbocycles. The molecule has 0 atom stereocenters. The second-order valence-corrected chi connectivity index (χ2v) is 6.83.